The van der Waals surface area contributed by atoms with Gasteiger partial charge < -0.3 is 4.74 Å². The first kappa shape index (κ1) is 15.8. The van der Waals surface area contributed by atoms with Crippen LogP contribution in [0.1, 0.15) is 6.92 Å². The zero-order chi connectivity index (χ0) is 16.2. The van der Waals surface area contributed by atoms with Crippen molar-refractivity contribution in [1.29, 1.82) is 0 Å². The van der Waals surface area contributed by atoms with Gasteiger partial charge in [-0.25, -0.2) is 13.2 Å². The molecule has 2 aromatic rings. The smallest absolute Gasteiger partial charge is 0.338 e. The van der Waals surface area contributed by atoms with Gasteiger partial charge >= 0.3 is 5.97 Å². The number of ether oxygens (including phenoxy) is 1. The van der Waals surface area contributed by atoms with Crippen molar-refractivity contribution in [3.63, 3.8) is 0 Å². The van der Waals surface area contributed by atoms with Gasteiger partial charge in [-0.2, -0.15) is 0 Å². The number of nitrogens with one attached hydrogen (secondary N) is 1. The monoisotopic (exact) mass is 317 g/mol. The maximum atomic E-state index is 12.2. The third-order valence-electron chi connectivity index (χ3n) is 2.70. The molecule has 0 fully saturated rings. The summed E-state index contributed by atoms with van der Waals surface area (Å²) in [5.74, 6) is -0.329. The number of carbonyl (C=O) groups is 1. The summed E-state index contributed by atoms with van der Waals surface area (Å²) in [5, 5.41) is 0. The standard InChI is InChI=1S/C16H15NO4S/c1-12(2)16(18)21-14-8-6-7-13(11-14)17-22(19,20)15-9-4-3-5-10-15/h3-11,17H,1H2,2H3. The van der Waals surface area contributed by atoms with Crippen LogP contribution in [-0.2, 0) is 14.8 Å². The zero-order valence-electron chi connectivity index (χ0n) is 11.9. The van der Waals surface area contributed by atoms with Gasteiger partial charge in [0.25, 0.3) is 10.0 Å². The van der Waals surface area contributed by atoms with Crippen LogP contribution in [0.3, 0.4) is 0 Å². The van der Waals surface area contributed by atoms with Gasteiger partial charge in [-0.3, -0.25) is 4.72 Å². The number of rotatable bonds is 5. The Morgan fingerprint density at radius 2 is 1.77 bits per heavy atom. The molecule has 22 heavy (non-hydrogen) atoms. The largest absolute Gasteiger partial charge is 0.423 e. The predicted octanol–water partition coefficient (Wildman–Crippen LogP) is 2.97. The maximum absolute atomic E-state index is 12.2. The molecule has 2 rings (SSSR count). The summed E-state index contributed by atoms with van der Waals surface area (Å²) < 4.78 is 31.9. The zero-order valence-corrected chi connectivity index (χ0v) is 12.8. The molecule has 0 aromatic heterocycles. The third-order valence-corrected chi connectivity index (χ3v) is 4.10. The molecule has 0 atom stereocenters. The minimum atomic E-state index is -3.68. The van der Waals surface area contributed by atoms with E-state index in [0.29, 0.717) is 5.69 Å². The van der Waals surface area contributed by atoms with Gasteiger partial charge in [-0.1, -0.05) is 30.8 Å². The number of benzene rings is 2. The van der Waals surface area contributed by atoms with Crippen LogP contribution in [-0.4, -0.2) is 14.4 Å². The molecule has 0 heterocycles. The SMILES string of the molecule is C=C(C)C(=O)Oc1cccc(NS(=O)(=O)c2ccccc2)c1. The Hall–Kier alpha value is -2.60. The van der Waals surface area contributed by atoms with E-state index in [-0.39, 0.29) is 16.2 Å². The molecule has 5 nitrogen and oxygen atoms in total. The lowest BCUT2D eigenvalue weighted by Crippen LogP contribution is -2.13. The fourth-order valence-corrected chi connectivity index (χ4v) is 2.70. The second-order valence-electron chi connectivity index (χ2n) is 4.62. The minimum absolute atomic E-state index is 0.152. The van der Waals surface area contributed by atoms with Crippen LogP contribution < -0.4 is 9.46 Å². The topological polar surface area (TPSA) is 72.5 Å². The fourth-order valence-electron chi connectivity index (χ4n) is 1.63. The number of hydrogen-bond donors (Lipinski definition) is 1. The van der Waals surface area contributed by atoms with E-state index in [0.717, 1.165) is 0 Å². The second-order valence-corrected chi connectivity index (χ2v) is 6.30. The van der Waals surface area contributed by atoms with Crippen molar-refractivity contribution < 1.29 is 17.9 Å². The van der Waals surface area contributed by atoms with E-state index in [9.17, 15) is 13.2 Å². The average molecular weight is 317 g/mol. The first-order chi connectivity index (χ1) is 10.4. The molecule has 2 aromatic carbocycles. The van der Waals surface area contributed by atoms with Crippen LogP contribution in [0.4, 0.5) is 5.69 Å². The Balaban J connectivity index is 2.20. The average Bonchev–Trinajstić information content (AvgIpc) is 2.48. The number of hydrogen-bond acceptors (Lipinski definition) is 4. The highest BCUT2D eigenvalue weighted by molar-refractivity contribution is 7.92. The highest BCUT2D eigenvalue weighted by Gasteiger charge is 2.14. The highest BCUT2D eigenvalue weighted by Crippen LogP contribution is 2.21. The number of esters is 1. The Morgan fingerprint density at radius 3 is 2.41 bits per heavy atom. The molecule has 0 unspecified atom stereocenters. The lowest BCUT2D eigenvalue weighted by molar-refractivity contribution is -0.130. The van der Waals surface area contributed by atoms with Crippen LogP contribution in [0, 0.1) is 0 Å². The molecule has 0 saturated heterocycles. The van der Waals surface area contributed by atoms with Gasteiger partial charge in [-0.05, 0) is 31.2 Å². The third kappa shape index (κ3) is 3.95. The van der Waals surface area contributed by atoms with E-state index in [1.54, 1.807) is 36.4 Å². The number of carbonyl (C=O) groups excluding carboxylic acids is 1. The van der Waals surface area contributed by atoms with Crippen molar-refractivity contribution in [2.75, 3.05) is 4.72 Å². The van der Waals surface area contributed by atoms with Gasteiger partial charge in [0, 0.05) is 11.6 Å². The summed E-state index contributed by atoms with van der Waals surface area (Å²) in [4.78, 5) is 11.6. The molecular formula is C16H15NO4S. The molecule has 0 spiro atoms. The van der Waals surface area contributed by atoms with E-state index in [1.807, 2.05) is 0 Å². The summed E-state index contributed by atoms with van der Waals surface area (Å²) in [6.45, 7) is 5.02. The van der Waals surface area contributed by atoms with E-state index >= 15 is 0 Å². The normalized spacial score (nSPS) is 10.8. The second kappa shape index (κ2) is 6.44. The summed E-state index contributed by atoms with van der Waals surface area (Å²) in [6.07, 6.45) is 0. The first-order valence-corrected chi connectivity index (χ1v) is 7.92. The Labute approximate surface area is 129 Å². The van der Waals surface area contributed by atoms with Crippen LogP contribution in [0.25, 0.3) is 0 Å². The number of anilines is 1. The van der Waals surface area contributed by atoms with Crippen molar-refractivity contribution in [2.45, 2.75) is 11.8 Å². The lowest BCUT2D eigenvalue weighted by Gasteiger charge is -2.09. The summed E-state index contributed by atoms with van der Waals surface area (Å²) in [7, 11) is -3.68. The minimum Gasteiger partial charge on any atom is -0.423 e. The van der Waals surface area contributed by atoms with Crippen molar-refractivity contribution in [3.8, 4) is 5.75 Å². The van der Waals surface area contributed by atoms with Crippen molar-refractivity contribution in [3.05, 3.63) is 66.7 Å². The molecule has 0 amide bonds. The lowest BCUT2D eigenvalue weighted by atomic mass is 10.3. The molecule has 0 radical (unpaired) electrons. The van der Waals surface area contributed by atoms with Gasteiger partial charge in [0.15, 0.2) is 0 Å². The molecule has 0 saturated carbocycles. The van der Waals surface area contributed by atoms with E-state index in [1.165, 1.54) is 25.1 Å². The van der Waals surface area contributed by atoms with Crippen LogP contribution >= 0.6 is 0 Å². The molecule has 1 N–H and O–H groups in total. The van der Waals surface area contributed by atoms with Crippen LogP contribution in [0.5, 0.6) is 5.75 Å². The van der Waals surface area contributed by atoms with Crippen LogP contribution in [0.2, 0.25) is 0 Å². The van der Waals surface area contributed by atoms with Crippen LogP contribution in [0.15, 0.2) is 71.6 Å². The highest BCUT2D eigenvalue weighted by atomic mass is 32.2. The summed E-state index contributed by atoms with van der Waals surface area (Å²) in [6, 6.07) is 14.1. The molecular weight excluding hydrogens is 302 g/mol. The van der Waals surface area contributed by atoms with Crippen molar-refractivity contribution in [1.82, 2.24) is 0 Å². The molecule has 6 heteroatoms. The summed E-state index contributed by atoms with van der Waals surface area (Å²) in [5.41, 5.74) is 0.561. The van der Waals surface area contributed by atoms with E-state index in [4.69, 9.17) is 4.74 Å². The first-order valence-electron chi connectivity index (χ1n) is 6.44. The van der Waals surface area contributed by atoms with Gasteiger partial charge in [0.2, 0.25) is 0 Å². The van der Waals surface area contributed by atoms with Gasteiger partial charge in [0.05, 0.1) is 10.6 Å². The number of sulfonamides is 1. The molecule has 0 aliphatic carbocycles. The Morgan fingerprint density at radius 1 is 1.09 bits per heavy atom. The van der Waals surface area contributed by atoms with Gasteiger partial charge in [0.1, 0.15) is 5.75 Å². The van der Waals surface area contributed by atoms with Gasteiger partial charge in [-0.15, -0.1) is 0 Å². The Bertz CT molecular complexity index is 798. The van der Waals surface area contributed by atoms with Crippen molar-refractivity contribution >= 4 is 21.7 Å². The predicted molar refractivity (Wildman–Crippen MR) is 84.1 cm³/mol. The summed E-state index contributed by atoms with van der Waals surface area (Å²) >= 11 is 0. The van der Waals surface area contributed by atoms with Crippen molar-refractivity contribution in [2.24, 2.45) is 0 Å². The van der Waals surface area contributed by atoms with E-state index < -0.39 is 16.0 Å². The molecule has 0 aliphatic rings. The molecule has 0 bridgehead atoms. The maximum Gasteiger partial charge on any atom is 0.338 e. The quantitative estimate of drug-likeness (QED) is 0.523. The Kier molecular flexibility index (Phi) is 4.62. The molecule has 0 aliphatic heterocycles. The fraction of sp³-hybridized carbons (Fsp3) is 0.0625. The molecule has 114 valence electrons. The van der Waals surface area contributed by atoms with E-state index in [2.05, 4.69) is 11.3 Å².